The van der Waals surface area contributed by atoms with Gasteiger partial charge in [-0.1, -0.05) is 6.58 Å². The van der Waals surface area contributed by atoms with E-state index in [0.29, 0.717) is 17.6 Å². The Labute approximate surface area is 215 Å². The summed E-state index contributed by atoms with van der Waals surface area (Å²) >= 11 is 0. The number of pyridine rings is 2. The van der Waals surface area contributed by atoms with Crippen molar-refractivity contribution in [2.75, 3.05) is 31.5 Å². The number of piperidine rings is 1. The number of rotatable bonds is 4. The maximum Gasteiger partial charge on any atom is 0.246 e. The van der Waals surface area contributed by atoms with Crippen LogP contribution in [0.5, 0.6) is 5.75 Å². The minimum atomic E-state index is 0.00249. The van der Waals surface area contributed by atoms with Crippen molar-refractivity contribution in [3.8, 4) is 22.9 Å². The maximum atomic E-state index is 11.8. The zero-order valence-corrected chi connectivity index (χ0v) is 20.7. The van der Waals surface area contributed by atoms with Crippen LogP contribution >= 0.6 is 0 Å². The second-order valence-electron chi connectivity index (χ2n) is 9.80. The van der Waals surface area contributed by atoms with Crippen LogP contribution in [-0.4, -0.2) is 67.7 Å². The molecule has 6 rings (SSSR count). The average molecular weight is 497 g/mol. The second-order valence-corrected chi connectivity index (χ2v) is 9.80. The number of fused-ring (bicyclic) bond motifs is 2. The molecule has 0 bridgehead atoms. The summed E-state index contributed by atoms with van der Waals surface area (Å²) in [5, 5.41) is 17.6. The number of aromatic nitrogens is 4. The molecule has 0 atom stereocenters. The van der Waals surface area contributed by atoms with Crippen molar-refractivity contribution in [3.63, 3.8) is 0 Å². The molecule has 2 saturated heterocycles. The fraction of sp³-hybridized carbons (Fsp3) is 0.370. The lowest BCUT2D eigenvalue weighted by atomic mass is 9.90. The first-order chi connectivity index (χ1) is 18.0. The summed E-state index contributed by atoms with van der Waals surface area (Å²) in [6, 6.07) is 6.61. The van der Waals surface area contributed by atoms with Gasteiger partial charge in [-0.05, 0) is 49.7 Å². The molecule has 0 aromatic carbocycles. The summed E-state index contributed by atoms with van der Waals surface area (Å²) in [6.45, 7) is 7.25. The molecule has 1 N–H and O–H groups in total. The molecule has 188 valence electrons. The number of ether oxygens (including phenoxy) is 1. The number of aryl methyl sites for hydroxylation is 1. The Hall–Kier alpha value is -4.23. The van der Waals surface area contributed by atoms with E-state index in [4.69, 9.17) is 9.72 Å². The molecule has 2 fully saturated rings. The van der Waals surface area contributed by atoms with E-state index in [1.165, 1.54) is 6.08 Å². The lowest BCUT2D eigenvalue weighted by Gasteiger charge is -2.47. The molecule has 0 aliphatic carbocycles. The van der Waals surface area contributed by atoms with Crippen LogP contribution in [-0.2, 0) is 18.4 Å². The molecule has 0 spiro atoms. The predicted molar refractivity (Wildman–Crippen MR) is 137 cm³/mol. The molecule has 0 radical (unpaired) electrons. The third-order valence-corrected chi connectivity index (χ3v) is 7.60. The summed E-state index contributed by atoms with van der Waals surface area (Å²) in [5.41, 5.74) is 4.78. The molecule has 1 amide bonds. The SMILES string of the molecule is C=CC(=O)N1CC(N2CCC(c3cc4c(c(C#N)n3)OCc3c(-c5cnn(C)c5)ccnc3N4)CC2)C1. The average Bonchev–Trinajstić information content (AvgIpc) is 3.23. The molecule has 10 nitrogen and oxygen atoms in total. The van der Waals surface area contributed by atoms with Crippen LogP contribution in [0.15, 0.2) is 43.4 Å². The molecule has 0 saturated carbocycles. The molecule has 3 aliphatic rings. The standard InChI is InChI=1S/C27H28N8O2/c1-3-25(36)35-14-19(15-35)34-8-5-17(6-9-34)22-10-23-26(24(11-28)31-22)37-16-21-20(4-7-29-27(21)32-23)18-12-30-33(2)13-18/h3-4,7,10,12-13,17,19H,1,5-6,8-9,14-16H2,2H3,(H,29,32). The lowest BCUT2D eigenvalue weighted by Crippen LogP contribution is -2.61. The molecule has 0 unspecified atom stereocenters. The van der Waals surface area contributed by atoms with Gasteiger partial charge >= 0.3 is 0 Å². The molecule has 10 heteroatoms. The normalized spacial score (nSPS) is 17.9. The Morgan fingerprint density at radius 1 is 1.32 bits per heavy atom. The number of amides is 1. The van der Waals surface area contributed by atoms with E-state index < -0.39 is 0 Å². The molecular formula is C27H28N8O2. The lowest BCUT2D eigenvalue weighted by molar-refractivity contribution is -0.133. The van der Waals surface area contributed by atoms with Gasteiger partial charge in [0.15, 0.2) is 11.4 Å². The van der Waals surface area contributed by atoms with E-state index >= 15 is 0 Å². The van der Waals surface area contributed by atoms with Crippen molar-refractivity contribution in [2.45, 2.75) is 31.4 Å². The Kier molecular flexibility index (Phi) is 5.85. The van der Waals surface area contributed by atoms with E-state index in [-0.39, 0.29) is 24.1 Å². The Bertz CT molecular complexity index is 1410. The summed E-state index contributed by atoms with van der Waals surface area (Å²) in [5.74, 6) is 1.42. The van der Waals surface area contributed by atoms with Crippen molar-refractivity contribution in [1.82, 2.24) is 29.5 Å². The van der Waals surface area contributed by atoms with Crippen LogP contribution in [0.4, 0.5) is 11.5 Å². The summed E-state index contributed by atoms with van der Waals surface area (Å²) in [7, 11) is 1.88. The van der Waals surface area contributed by atoms with E-state index in [2.05, 4.69) is 32.9 Å². The largest absolute Gasteiger partial charge is 0.483 e. The van der Waals surface area contributed by atoms with E-state index in [1.807, 2.05) is 36.5 Å². The van der Waals surface area contributed by atoms with Gasteiger partial charge < -0.3 is 15.0 Å². The van der Waals surface area contributed by atoms with Gasteiger partial charge in [0, 0.05) is 61.3 Å². The second kappa shape index (κ2) is 9.33. The van der Waals surface area contributed by atoms with Gasteiger partial charge in [-0.2, -0.15) is 10.4 Å². The fourth-order valence-corrected chi connectivity index (χ4v) is 5.48. The first-order valence-corrected chi connectivity index (χ1v) is 12.5. The Morgan fingerprint density at radius 3 is 2.84 bits per heavy atom. The van der Waals surface area contributed by atoms with Gasteiger partial charge in [0.25, 0.3) is 0 Å². The zero-order valence-electron chi connectivity index (χ0n) is 20.7. The molecule has 37 heavy (non-hydrogen) atoms. The molecular weight excluding hydrogens is 468 g/mol. The number of hydrogen-bond acceptors (Lipinski definition) is 8. The third-order valence-electron chi connectivity index (χ3n) is 7.60. The van der Waals surface area contributed by atoms with Crippen LogP contribution in [0.1, 0.15) is 35.7 Å². The van der Waals surface area contributed by atoms with Crippen molar-refractivity contribution in [3.05, 3.63) is 60.3 Å². The smallest absolute Gasteiger partial charge is 0.246 e. The zero-order chi connectivity index (χ0) is 25.5. The quantitative estimate of drug-likeness (QED) is 0.549. The van der Waals surface area contributed by atoms with Crippen molar-refractivity contribution in [1.29, 1.82) is 5.26 Å². The van der Waals surface area contributed by atoms with Crippen LogP contribution in [0.2, 0.25) is 0 Å². The van der Waals surface area contributed by atoms with Crippen molar-refractivity contribution < 1.29 is 9.53 Å². The van der Waals surface area contributed by atoms with Crippen LogP contribution in [0.3, 0.4) is 0 Å². The first kappa shape index (κ1) is 23.2. The molecule has 3 aromatic heterocycles. The van der Waals surface area contributed by atoms with Crippen molar-refractivity contribution in [2.24, 2.45) is 7.05 Å². The third kappa shape index (κ3) is 4.21. The molecule has 6 heterocycles. The summed E-state index contributed by atoms with van der Waals surface area (Å²) in [6.07, 6.45) is 8.82. The van der Waals surface area contributed by atoms with Gasteiger partial charge in [0.2, 0.25) is 5.91 Å². The Morgan fingerprint density at radius 2 is 2.14 bits per heavy atom. The van der Waals surface area contributed by atoms with Gasteiger partial charge in [0.1, 0.15) is 18.5 Å². The summed E-state index contributed by atoms with van der Waals surface area (Å²) < 4.78 is 7.92. The minimum absolute atomic E-state index is 0.00249. The predicted octanol–water partition coefficient (Wildman–Crippen LogP) is 2.96. The fourth-order valence-electron chi connectivity index (χ4n) is 5.48. The molecule has 3 aliphatic heterocycles. The number of nitrogens with one attached hydrogen (secondary N) is 1. The van der Waals surface area contributed by atoms with Crippen molar-refractivity contribution >= 4 is 17.4 Å². The number of carbonyl (C=O) groups is 1. The highest BCUT2D eigenvalue weighted by Gasteiger charge is 2.36. The number of nitriles is 1. The van der Waals surface area contributed by atoms with Gasteiger partial charge in [-0.25, -0.2) is 9.97 Å². The van der Waals surface area contributed by atoms with Crippen LogP contribution < -0.4 is 10.1 Å². The number of hydrogen-bond donors (Lipinski definition) is 1. The topological polar surface area (TPSA) is 112 Å². The van der Waals surface area contributed by atoms with Gasteiger partial charge in [0.05, 0.1) is 11.9 Å². The highest BCUT2D eigenvalue weighted by atomic mass is 16.5. The number of carbonyl (C=O) groups excluding carboxylic acids is 1. The van der Waals surface area contributed by atoms with E-state index in [9.17, 15) is 10.1 Å². The highest BCUT2D eigenvalue weighted by Crippen LogP contribution is 2.40. The van der Waals surface area contributed by atoms with E-state index in [0.717, 1.165) is 67.1 Å². The van der Waals surface area contributed by atoms with Crippen LogP contribution in [0, 0.1) is 11.3 Å². The first-order valence-electron chi connectivity index (χ1n) is 12.5. The number of likely N-dealkylation sites (tertiary alicyclic amines) is 2. The maximum absolute atomic E-state index is 11.8. The van der Waals surface area contributed by atoms with E-state index in [1.54, 1.807) is 10.9 Å². The number of anilines is 2. The summed E-state index contributed by atoms with van der Waals surface area (Å²) in [4.78, 5) is 25.3. The minimum Gasteiger partial charge on any atom is -0.483 e. The highest BCUT2D eigenvalue weighted by molar-refractivity contribution is 5.87. The van der Waals surface area contributed by atoms with Gasteiger partial charge in [-0.3, -0.25) is 14.4 Å². The van der Waals surface area contributed by atoms with Crippen LogP contribution in [0.25, 0.3) is 11.1 Å². The van der Waals surface area contributed by atoms with Gasteiger partial charge in [-0.15, -0.1) is 0 Å². The molecule has 3 aromatic rings. The Balaban J connectivity index is 1.21. The monoisotopic (exact) mass is 496 g/mol. The number of nitrogens with zero attached hydrogens (tertiary/aromatic N) is 7.